The van der Waals surface area contributed by atoms with Crippen LogP contribution in [0.2, 0.25) is 0 Å². The van der Waals surface area contributed by atoms with Gasteiger partial charge in [0.05, 0.1) is 18.9 Å². The Hall–Kier alpha value is -1.21. The molecule has 1 heterocycles. The summed E-state index contributed by atoms with van der Waals surface area (Å²) in [6, 6.07) is 0. The van der Waals surface area contributed by atoms with Crippen molar-refractivity contribution in [3.05, 3.63) is 23.0 Å². The zero-order valence-corrected chi connectivity index (χ0v) is 10.9. The lowest BCUT2D eigenvalue weighted by Crippen LogP contribution is -2.05. The number of hydrogen-bond donors (Lipinski definition) is 1. The van der Waals surface area contributed by atoms with E-state index in [0.29, 0.717) is 17.9 Å². The van der Waals surface area contributed by atoms with Gasteiger partial charge >= 0.3 is 0 Å². The maximum atomic E-state index is 9.96. The molecule has 0 unspecified atom stereocenters. The number of aryl methyl sites for hydroxylation is 1. The minimum Gasteiger partial charge on any atom is -0.506 e. The van der Waals surface area contributed by atoms with Crippen LogP contribution in [0.1, 0.15) is 16.8 Å². The highest BCUT2D eigenvalue weighted by molar-refractivity contribution is 5.40. The molecule has 1 aromatic rings. The molecule has 0 aliphatic heterocycles. The standard InChI is InChI=1S/C12H19NO5/c1-9-12(14)11(6-18-8-16-3)10(4-13-9)5-17-7-15-2/h4,14H,5-8H2,1-3H3. The molecule has 0 saturated heterocycles. The average Bonchev–Trinajstić information content (AvgIpc) is 2.37. The molecule has 0 aliphatic carbocycles. The quantitative estimate of drug-likeness (QED) is 0.559. The fourth-order valence-electron chi connectivity index (χ4n) is 1.43. The molecule has 1 rings (SSSR count). The largest absolute Gasteiger partial charge is 0.506 e. The maximum absolute atomic E-state index is 9.96. The van der Waals surface area contributed by atoms with Crippen LogP contribution >= 0.6 is 0 Å². The van der Waals surface area contributed by atoms with Gasteiger partial charge in [-0.3, -0.25) is 4.98 Å². The second-order valence-corrected chi connectivity index (χ2v) is 3.71. The second-order valence-electron chi connectivity index (χ2n) is 3.71. The van der Waals surface area contributed by atoms with Crippen molar-refractivity contribution in [1.29, 1.82) is 0 Å². The summed E-state index contributed by atoms with van der Waals surface area (Å²) in [6.07, 6.45) is 1.66. The van der Waals surface area contributed by atoms with E-state index >= 15 is 0 Å². The van der Waals surface area contributed by atoms with Crippen LogP contribution in [-0.4, -0.2) is 37.9 Å². The highest BCUT2D eigenvalue weighted by atomic mass is 16.7. The minimum atomic E-state index is 0.129. The normalized spacial score (nSPS) is 10.8. The van der Waals surface area contributed by atoms with Crippen LogP contribution in [0.25, 0.3) is 0 Å². The highest BCUT2D eigenvalue weighted by Gasteiger charge is 2.12. The Morgan fingerprint density at radius 3 is 2.33 bits per heavy atom. The highest BCUT2D eigenvalue weighted by Crippen LogP contribution is 2.25. The van der Waals surface area contributed by atoms with Crippen molar-refractivity contribution in [2.45, 2.75) is 20.1 Å². The lowest BCUT2D eigenvalue weighted by Gasteiger charge is -2.13. The summed E-state index contributed by atoms with van der Waals surface area (Å²) in [7, 11) is 3.09. The Balaban J connectivity index is 2.76. The molecule has 0 bridgehead atoms. The van der Waals surface area contributed by atoms with E-state index in [-0.39, 0.29) is 25.9 Å². The molecule has 1 N–H and O–H groups in total. The van der Waals surface area contributed by atoms with E-state index in [1.165, 1.54) is 0 Å². The first-order valence-corrected chi connectivity index (χ1v) is 5.50. The van der Waals surface area contributed by atoms with Gasteiger partial charge in [-0.25, -0.2) is 0 Å². The number of rotatable bonds is 8. The fourth-order valence-corrected chi connectivity index (χ4v) is 1.43. The summed E-state index contributed by atoms with van der Waals surface area (Å²) in [5.41, 5.74) is 1.99. The maximum Gasteiger partial charge on any atom is 0.146 e. The lowest BCUT2D eigenvalue weighted by atomic mass is 10.1. The average molecular weight is 257 g/mol. The van der Waals surface area contributed by atoms with Crippen molar-refractivity contribution in [1.82, 2.24) is 4.98 Å². The lowest BCUT2D eigenvalue weighted by molar-refractivity contribution is -0.0460. The summed E-state index contributed by atoms with van der Waals surface area (Å²) in [4.78, 5) is 4.09. The topological polar surface area (TPSA) is 70.0 Å². The first kappa shape index (κ1) is 14.8. The molecule has 102 valence electrons. The van der Waals surface area contributed by atoms with Crippen LogP contribution < -0.4 is 0 Å². The number of ether oxygens (including phenoxy) is 4. The van der Waals surface area contributed by atoms with Gasteiger partial charge in [-0.15, -0.1) is 0 Å². The van der Waals surface area contributed by atoms with E-state index in [0.717, 1.165) is 5.56 Å². The van der Waals surface area contributed by atoms with Crippen molar-refractivity contribution in [3.63, 3.8) is 0 Å². The first-order chi connectivity index (χ1) is 8.70. The Morgan fingerprint density at radius 1 is 1.11 bits per heavy atom. The van der Waals surface area contributed by atoms with E-state index in [4.69, 9.17) is 18.9 Å². The van der Waals surface area contributed by atoms with Gasteiger partial charge in [-0.2, -0.15) is 0 Å². The first-order valence-electron chi connectivity index (χ1n) is 5.50. The van der Waals surface area contributed by atoms with E-state index in [2.05, 4.69) is 4.98 Å². The molecular weight excluding hydrogens is 238 g/mol. The Bertz CT molecular complexity index is 370. The van der Waals surface area contributed by atoms with Gasteiger partial charge in [0.25, 0.3) is 0 Å². The molecule has 0 saturated carbocycles. The van der Waals surface area contributed by atoms with Gasteiger partial charge in [-0.1, -0.05) is 0 Å². The molecule has 0 atom stereocenters. The van der Waals surface area contributed by atoms with Gasteiger partial charge < -0.3 is 24.1 Å². The van der Waals surface area contributed by atoms with Crippen molar-refractivity contribution in [2.75, 3.05) is 27.8 Å². The minimum absolute atomic E-state index is 0.129. The molecule has 0 fully saturated rings. The van der Waals surface area contributed by atoms with Gasteiger partial charge in [0.1, 0.15) is 19.3 Å². The molecule has 18 heavy (non-hydrogen) atoms. The fraction of sp³-hybridized carbons (Fsp3) is 0.583. The van der Waals surface area contributed by atoms with Crippen molar-refractivity contribution < 1.29 is 24.1 Å². The smallest absolute Gasteiger partial charge is 0.146 e. The Kier molecular flexibility index (Phi) is 6.59. The zero-order valence-electron chi connectivity index (χ0n) is 10.9. The molecular formula is C12H19NO5. The summed E-state index contributed by atoms with van der Waals surface area (Å²) in [6.45, 7) is 2.64. The molecule has 0 aromatic carbocycles. The third kappa shape index (κ3) is 4.23. The van der Waals surface area contributed by atoms with Crippen LogP contribution in [0.15, 0.2) is 6.20 Å². The number of pyridine rings is 1. The molecule has 0 radical (unpaired) electrons. The number of aromatic hydroxyl groups is 1. The summed E-state index contributed by atoms with van der Waals surface area (Å²) >= 11 is 0. The number of methoxy groups -OCH3 is 2. The Morgan fingerprint density at radius 2 is 1.72 bits per heavy atom. The van der Waals surface area contributed by atoms with E-state index in [1.807, 2.05) is 0 Å². The molecule has 0 spiro atoms. The van der Waals surface area contributed by atoms with Crippen LogP contribution in [0, 0.1) is 6.92 Å². The predicted octanol–water partition coefficient (Wildman–Crippen LogP) is 1.34. The van der Waals surface area contributed by atoms with Gasteiger partial charge in [-0.05, 0) is 6.92 Å². The van der Waals surface area contributed by atoms with Crippen LogP contribution in [-0.2, 0) is 32.2 Å². The summed E-state index contributed by atoms with van der Waals surface area (Å²) in [5, 5.41) is 9.96. The molecule has 0 amide bonds. The molecule has 1 aromatic heterocycles. The molecule has 6 nitrogen and oxygen atoms in total. The Labute approximate surface area is 106 Å². The van der Waals surface area contributed by atoms with Crippen molar-refractivity contribution in [2.24, 2.45) is 0 Å². The van der Waals surface area contributed by atoms with Crippen molar-refractivity contribution >= 4 is 0 Å². The van der Waals surface area contributed by atoms with E-state index in [9.17, 15) is 5.11 Å². The monoisotopic (exact) mass is 257 g/mol. The van der Waals surface area contributed by atoms with E-state index < -0.39 is 0 Å². The SMILES string of the molecule is COCOCc1cnc(C)c(O)c1COCOC. The summed E-state index contributed by atoms with van der Waals surface area (Å²) in [5.74, 6) is 0.129. The van der Waals surface area contributed by atoms with E-state index in [1.54, 1.807) is 27.3 Å². The number of aromatic nitrogens is 1. The summed E-state index contributed by atoms with van der Waals surface area (Å²) < 4.78 is 20.1. The molecule has 6 heteroatoms. The molecule has 0 aliphatic rings. The van der Waals surface area contributed by atoms with Crippen LogP contribution in [0.5, 0.6) is 5.75 Å². The number of nitrogens with zero attached hydrogens (tertiary/aromatic N) is 1. The van der Waals surface area contributed by atoms with Crippen molar-refractivity contribution in [3.8, 4) is 5.75 Å². The van der Waals surface area contributed by atoms with Gasteiger partial charge in [0, 0.05) is 31.5 Å². The van der Waals surface area contributed by atoms with Crippen LogP contribution in [0.4, 0.5) is 0 Å². The van der Waals surface area contributed by atoms with Gasteiger partial charge in [0.2, 0.25) is 0 Å². The second kappa shape index (κ2) is 7.99. The predicted molar refractivity (Wildman–Crippen MR) is 64.0 cm³/mol. The van der Waals surface area contributed by atoms with Gasteiger partial charge in [0.15, 0.2) is 0 Å². The van der Waals surface area contributed by atoms with Crippen LogP contribution in [0.3, 0.4) is 0 Å². The third-order valence-corrected chi connectivity index (χ3v) is 2.34. The number of hydrogen-bond acceptors (Lipinski definition) is 6. The third-order valence-electron chi connectivity index (χ3n) is 2.34. The zero-order chi connectivity index (χ0) is 13.4.